The summed E-state index contributed by atoms with van der Waals surface area (Å²) in [5.74, 6) is 2.07. The highest BCUT2D eigenvalue weighted by Gasteiger charge is 2.44. The predicted molar refractivity (Wildman–Crippen MR) is 124 cm³/mol. The Morgan fingerprint density at radius 3 is 2.74 bits per heavy atom. The van der Waals surface area contributed by atoms with Gasteiger partial charge in [-0.3, -0.25) is 4.68 Å². The van der Waals surface area contributed by atoms with Gasteiger partial charge in [0.2, 0.25) is 5.95 Å². The van der Waals surface area contributed by atoms with Crippen molar-refractivity contribution in [1.82, 2.24) is 24.7 Å². The first kappa shape index (κ1) is 22.7. The number of pyridine rings is 1. The summed E-state index contributed by atoms with van der Waals surface area (Å²) in [7, 11) is 0. The molecule has 2 fully saturated rings. The lowest BCUT2D eigenvalue weighted by molar-refractivity contribution is 0.0440. The molecular weight excluding hydrogens is 446 g/mol. The first-order valence-corrected chi connectivity index (χ1v) is 11.4. The molecule has 0 aliphatic carbocycles. The molecule has 3 aromatic heterocycles. The number of nitrogens with one attached hydrogen (secondary N) is 1. The number of hydrogen-bond acceptors (Lipinski definition) is 9. The summed E-state index contributed by atoms with van der Waals surface area (Å²) >= 11 is 0. The van der Waals surface area contributed by atoms with Crippen molar-refractivity contribution in [3.05, 3.63) is 24.5 Å². The Morgan fingerprint density at radius 1 is 1.24 bits per heavy atom. The third-order valence-corrected chi connectivity index (χ3v) is 6.28. The topological polar surface area (TPSA) is 115 Å². The van der Waals surface area contributed by atoms with Crippen LogP contribution in [0.5, 0.6) is 0 Å². The summed E-state index contributed by atoms with van der Waals surface area (Å²) in [4.78, 5) is 16.7. The van der Waals surface area contributed by atoms with E-state index in [4.69, 9.17) is 0 Å². The molecule has 0 spiro atoms. The summed E-state index contributed by atoms with van der Waals surface area (Å²) < 4.78 is 30.1. The van der Waals surface area contributed by atoms with Crippen LogP contribution in [0.4, 0.5) is 32.2 Å². The molecule has 0 amide bonds. The number of rotatable bonds is 6. The molecular formula is C22H28F2N8O2. The molecule has 5 rings (SSSR count). The molecule has 10 nitrogen and oxygen atoms in total. The van der Waals surface area contributed by atoms with Gasteiger partial charge in [0, 0.05) is 31.0 Å². The number of hydrogen-bond donors (Lipinski definition) is 3. The van der Waals surface area contributed by atoms with Crippen LogP contribution in [0.2, 0.25) is 0 Å². The number of alkyl halides is 2. The van der Waals surface area contributed by atoms with Crippen LogP contribution in [0.1, 0.15) is 26.3 Å². The Balaban J connectivity index is 1.39. The van der Waals surface area contributed by atoms with Crippen LogP contribution < -0.4 is 15.1 Å². The van der Waals surface area contributed by atoms with Crippen molar-refractivity contribution in [3.8, 4) is 0 Å². The van der Waals surface area contributed by atoms with Crippen LogP contribution in [0.3, 0.4) is 0 Å². The van der Waals surface area contributed by atoms with Crippen molar-refractivity contribution in [2.75, 3.05) is 47.9 Å². The minimum absolute atomic E-state index is 0.0398. The zero-order chi connectivity index (χ0) is 24.0. The van der Waals surface area contributed by atoms with Gasteiger partial charge >= 0.3 is 0 Å². The van der Waals surface area contributed by atoms with Gasteiger partial charge in [-0.2, -0.15) is 10.1 Å². The Hall–Kier alpha value is -3.12. The number of nitrogens with zero attached hydrogens (tertiary/aromatic N) is 7. The fraction of sp³-hybridized carbons (Fsp3) is 0.545. The molecule has 0 saturated carbocycles. The molecule has 34 heavy (non-hydrogen) atoms. The molecule has 5 heterocycles. The van der Waals surface area contributed by atoms with Gasteiger partial charge in [0.1, 0.15) is 17.8 Å². The van der Waals surface area contributed by atoms with E-state index in [-0.39, 0.29) is 25.7 Å². The lowest BCUT2D eigenvalue weighted by Gasteiger charge is -2.43. The van der Waals surface area contributed by atoms with E-state index < -0.39 is 24.6 Å². The maximum absolute atomic E-state index is 14.3. The summed E-state index contributed by atoms with van der Waals surface area (Å²) in [5, 5.41) is 27.5. The normalized spacial score (nSPS) is 22.3. The van der Waals surface area contributed by atoms with Crippen molar-refractivity contribution in [2.45, 2.75) is 44.3 Å². The molecule has 0 bridgehead atoms. The highest BCUT2D eigenvalue weighted by molar-refractivity contribution is 5.92. The third kappa shape index (κ3) is 4.11. The van der Waals surface area contributed by atoms with Crippen molar-refractivity contribution >= 4 is 34.3 Å². The van der Waals surface area contributed by atoms with Gasteiger partial charge in [0.25, 0.3) is 0 Å². The largest absolute Gasteiger partial charge is 0.393 e. The van der Waals surface area contributed by atoms with Crippen LogP contribution in [0, 0.1) is 0 Å². The monoisotopic (exact) mass is 474 g/mol. The quantitative estimate of drug-likeness (QED) is 0.493. The number of halogens is 2. The number of aliphatic hydroxyl groups excluding tert-OH is 2. The van der Waals surface area contributed by atoms with Crippen molar-refractivity contribution in [1.29, 1.82) is 0 Å². The van der Waals surface area contributed by atoms with Crippen molar-refractivity contribution in [3.63, 3.8) is 0 Å². The van der Waals surface area contributed by atoms with Gasteiger partial charge < -0.3 is 25.3 Å². The average Bonchev–Trinajstić information content (AvgIpc) is 3.18. The molecule has 3 N–H and O–H groups in total. The van der Waals surface area contributed by atoms with Gasteiger partial charge in [-0.1, -0.05) is 0 Å². The molecule has 2 saturated heterocycles. The van der Waals surface area contributed by atoms with Crippen LogP contribution >= 0.6 is 0 Å². The second-order valence-electron chi connectivity index (χ2n) is 9.30. The van der Waals surface area contributed by atoms with Crippen LogP contribution in [0.15, 0.2) is 24.5 Å². The van der Waals surface area contributed by atoms with E-state index in [1.54, 1.807) is 28.3 Å². The van der Waals surface area contributed by atoms with Crippen LogP contribution in [-0.4, -0.2) is 85.7 Å². The zero-order valence-corrected chi connectivity index (χ0v) is 19.1. The van der Waals surface area contributed by atoms with Gasteiger partial charge in [-0.15, -0.1) is 0 Å². The van der Waals surface area contributed by atoms with Crippen molar-refractivity contribution in [2.24, 2.45) is 0 Å². The maximum Gasteiger partial charge on any atom is 0.227 e. The lowest BCUT2D eigenvalue weighted by atomic mass is 9.97. The Morgan fingerprint density at radius 2 is 2.03 bits per heavy atom. The molecule has 2 unspecified atom stereocenters. The predicted octanol–water partition coefficient (Wildman–Crippen LogP) is 1.98. The summed E-state index contributed by atoms with van der Waals surface area (Å²) in [6.45, 7) is 4.20. The second kappa shape index (κ2) is 8.58. The van der Waals surface area contributed by atoms with Crippen molar-refractivity contribution < 1.29 is 19.0 Å². The number of aliphatic hydroxyl groups is 2. The third-order valence-electron chi connectivity index (χ3n) is 6.28. The van der Waals surface area contributed by atoms with Gasteiger partial charge in [0.05, 0.1) is 43.2 Å². The van der Waals surface area contributed by atoms with E-state index in [9.17, 15) is 19.0 Å². The van der Waals surface area contributed by atoms with E-state index in [0.717, 1.165) is 10.9 Å². The first-order valence-electron chi connectivity index (χ1n) is 11.4. The summed E-state index contributed by atoms with van der Waals surface area (Å²) in [6, 6.07) is 3.62. The first-order chi connectivity index (χ1) is 16.3. The maximum atomic E-state index is 14.3. The standard InChI is InChI=1S/C22H28F2N8O2/c1-13(2)32-16-7-19(26-8-14(16)20(29-32)31-10-22(24,11-31)12-33)27-18-3-5-25-21(28-18)30-6-4-17(34)15(23)9-30/h3,5,7-8,13,15,17,33-34H,4,6,9-12H2,1-2H3,(H,25,26,27,28). The minimum atomic E-state index is -1.60. The highest BCUT2D eigenvalue weighted by Crippen LogP contribution is 2.36. The summed E-state index contributed by atoms with van der Waals surface area (Å²) in [5.41, 5.74) is -0.759. The fourth-order valence-electron chi connectivity index (χ4n) is 4.38. The Bertz CT molecular complexity index is 1180. The number of anilines is 4. The number of piperidine rings is 1. The average molecular weight is 475 g/mol. The molecule has 3 aromatic rings. The summed E-state index contributed by atoms with van der Waals surface area (Å²) in [6.07, 6.45) is 1.31. The Kier molecular flexibility index (Phi) is 5.72. The molecule has 12 heteroatoms. The van der Waals surface area contributed by atoms with E-state index >= 15 is 0 Å². The molecule has 0 radical (unpaired) electrons. The van der Waals surface area contributed by atoms with Crippen LogP contribution in [0.25, 0.3) is 10.9 Å². The molecule has 2 atom stereocenters. The SMILES string of the molecule is CC(C)n1nc(N2CC(F)(CO)C2)c2cnc(Nc3ccnc(N4CCC(O)C(F)C4)n3)cc21. The number of aromatic nitrogens is 5. The van der Waals surface area contributed by atoms with Gasteiger partial charge in [-0.25, -0.2) is 18.7 Å². The molecule has 182 valence electrons. The van der Waals surface area contributed by atoms with E-state index in [0.29, 0.717) is 36.4 Å². The number of fused-ring (bicyclic) bond motifs is 1. The van der Waals surface area contributed by atoms with Gasteiger partial charge in [0.15, 0.2) is 11.5 Å². The highest BCUT2D eigenvalue weighted by atomic mass is 19.1. The minimum Gasteiger partial charge on any atom is -0.393 e. The zero-order valence-electron chi connectivity index (χ0n) is 19.1. The second-order valence-corrected chi connectivity index (χ2v) is 9.30. The van der Waals surface area contributed by atoms with E-state index in [1.165, 1.54) is 0 Å². The van der Waals surface area contributed by atoms with E-state index in [2.05, 4.69) is 25.4 Å². The molecule has 2 aliphatic heterocycles. The lowest BCUT2D eigenvalue weighted by Crippen LogP contribution is -2.61. The fourth-order valence-corrected chi connectivity index (χ4v) is 4.38. The van der Waals surface area contributed by atoms with Gasteiger partial charge in [-0.05, 0) is 26.3 Å². The Labute approximate surface area is 195 Å². The van der Waals surface area contributed by atoms with E-state index in [1.807, 2.05) is 24.6 Å². The smallest absolute Gasteiger partial charge is 0.227 e. The molecule has 0 aromatic carbocycles. The molecule has 2 aliphatic rings. The van der Waals surface area contributed by atoms with Crippen LogP contribution in [-0.2, 0) is 0 Å².